The molecule has 2 heterocycles. The van der Waals surface area contributed by atoms with Crippen LogP contribution in [0, 0.1) is 6.92 Å². The zero-order chi connectivity index (χ0) is 15.3. The molecule has 0 aliphatic heterocycles. The highest BCUT2D eigenvalue weighted by Crippen LogP contribution is 2.37. The molecule has 0 bridgehead atoms. The van der Waals surface area contributed by atoms with Gasteiger partial charge in [0.2, 0.25) is 5.95 Å². The molecule has 0 saturated carbocycles. The van der Waals surface area contributed by atoms with Gasteiger partial charge in [0.05, 0.1) is 5.52 Å². The van der Waals surface area contributed by atoms with Crippen molar-refractivity contribution in [2.45, 2.75) is 26.2 Å². The molecule has 110 valence electrons. The Morgan fingerprint density at radius 2 is 1.95 bits per heavy atom. The highest BCUT2D eigenvalue weighted by Gasteiger charge is 2.28. The van der Waals surface area contributed by atoms with E-state index in [1.807, 2.05) is 23.6 Å². The van der Waals surface area contributed by atoms with Crippen LogP contribution in [0.4, 0.5) is 0 Å². The van der Waals surface area contributed by atoms with Crippen LogP contribution in [0.5, 0.6) is 0 Å². The maximum absolute atomic E-state index is 12.5. The second-order valence-corrected chi connectivity index (χ2v) is 5.96. The molecule has 4 nitrogen and oxygen atoms in total. The van der Waals surface area contributed by atoms with E-state index in [0.29, 0.717) is 17.4 Å². The van der Waals surface area contributed by atoms with E-state index in [4.69, 9.17) is 11.6 Å². The van der Waals surface area contributed by atoms with E-state index < -0.39 is 0 Å². The number of halogens is 1. The van der Waals surface area contributed by atoms with Gasteiger partial charge in [0, 0.05) is 40.5 Å². The molecular weight excluding hydrogens is 298 g/mol. The number of hydrogen-bond donors (Lipinski definition) is 0. The monoisotopic (exact) mass is 311 g/mol. The summed E-state index contributed by atoms with van der Waals surface area (Å²) < 4.78 is 2.00. The first kappa shape index (κ1) is 13.5. The number of carbonyl (C=O) groups excluding carboxylic acids is 1. The zero-order valence-electron chi connectivity index (χ0n) is 12.1. The van der Waals surface area contributed by atoms with Crippen molar-refractivity contribution < 1.29 is 4.79 Å². The summed E-state index contributed by atoms with van der Waals surface area (Å²) in [5, 5.41) is 1.64. The van der Waals surface area contributed by atoms with E-state index in [-0.39, 0.29) is 5.78 Å². The second-order valence-electron chi connectivity index (χ2n) is 5.55. The summed E-state index contributed by atoms with van der Waals surface area (Å²) in [6, 6.07) is 5.58. The number of rotatable bonds is 1. The van der Waals surface area contributed by atoms with Crippen molar-refractivity contribution in [3.63, 3.8) is 0 Å². The first-order chi connectivity index (χ1) is 10.7. The van der Waals surface area contributed by atoms with Gasteiger partial charge in [-0.1, -0.05) is 17.7 Å². The van der Waals surface area contributed by atoms with Gasteiger partial charge in [-0.2, -0.15) is 0 Å². The lowest BCUT2D eigenvalue weighted by molar-refractivity contribution is 0.0973. The van der Waals surface area contributed by atoms with Crippen LogP contribution in [0.15, 0.2) is 30.6 Å². The minimum Gasteiger partial charge on any atom is -0.294 e. The summed E-state index contributed by atoms with van der Waals surface area (Å²) in [7, 11) is 0. The molecule has 2 aromatic heterocycles. The molecule has 0 saturated heterocycles. The highest BCUT2D eigenvalue weighted by molar-refractivity contribution is 6.32. The van der Waals surface area contributed by atoms with Crippen LogP contribution in [0.3, 0.4) is 0 Å². The lowest BCUT2D eigenvalue weighted by Crippen LogP contribution is -2.13. The molecule has 0 radical (unpaired) electrons. The summed E-state index contributed by atoms with van der Waals surface area (Å²) in [5.74, 6) is 0.788. The minimum atomic E-state index is 0.197. The van der Waals surface area contributed by atoms with Gasteiger partial charge >= 0.3 is 0 Å². The van der Waals surface area contributed by atoms with Crippen molar-refractivity contribution in [3.8, 4) is 5.95 Å². The number of fused-ring (bicyclic) bond motifs is 3. The van der Waals surface area contributed by atoms with Crippen molar-refractivity contribution in [2.24, 2.45) is 0 Å². The lowest BCUT2D eigenvalue weighted by Gasteiger charge is -2.14. The van der Waals surface area contributed by atoms with Gasteiger partial charge in [-0.3, -0.25) is 9.36 Å². The lowest BCUT2D eigenvalue weighted by atomic mass is 9.94. The molecule has 0 fully saturated rings. The smallest absolute Gasteiger partial charge is 0.234 e. The van der Waals surface area contributed by atoms with Crippen molar-refractivity contribution in [1.29, 1.82) is 0 Å². The highest BCUT2D eigenvalue weighted by atomic mass is 35.5. The number of aromatic nitrogens is 3. The SMILES string of the molecule is Cc1c(Cl)ccc2c3c(n(-c4ncccn4)c12)CCCC3=O. The Morgan fingerprint density at radius 1 is 1.18 bits per heavy atom. The topological polar surface area (TPSA) is 47.8 Å². The van der Waals surface area contributed by atoms with E-state index in [1.165, 1.54) is 0 Å². The maximum Gasteiger partial charge on any atom is 0.234 e. The summed E-state index contributed by atoms with van der Waals surface area (Å²) in [4.78, 5) is 21.2. The molecule has 0 spiro atoms. The van der Waals surface area contributed by atoms with Crippen molar-refractivity contribution in [3.05, 3.63) is 52.4 Å². The first-order valence-corrected chi connectivity index (χ1v) is 7.69. The number of carbonyl (C=O) groups is 1. The molecule has 0 unspecified atom stereocenters. The van der Waals surface area contributed by atoms with Crippen LogP contribution >= 0.6 is 11.6 Å². The Balaban J connectivity index is 2.19. The molecular formula is C17H14ClN3O. The summed E-state index contributed by atoms with van der Waals surface area (Å²) in [5.41, 5.74) is 3.71. The van der Waals surface area contributed by atoms with Crippen LogP contribution in [0.25, 0.3) is 16.9 Å². The minimum absolute atomic E-state index is 0.197. The third kappa shape index (κ3) is 1.80. The number of nitrogens with zero attached hydrogens (tertiary/aromatic N) is 3. The second kappa shape index (κ2) is 4.92. The fraction of sp³-hybridized carbons (Fsp3) is 0.235. The molecule has 1 aliphatic carbocycles. The summed E-state index contributed by atoms with van der Waals surface area (Å²) in [6.07, 6.45) is 5.74. The third-order valence-electron chi connectivity index (χ3n) is 4.26. The average molecular weight is 312 g/mol. The van der Waals surface area contributed by atoms with Gasteiger partial charge in [-0.05, 0) is 37.5 Å². The van der Waals surface area contributed by atoms with Crippen molar-refractivity contribution >= 4 is 28.3 Å². The fourth-order valence-corrected chi connectivity index (χ4v) is 3.44. The van der Waals surface area contributed by atoms with Gasteiger partial charge in [0.25, 0.3) is 0 Å². The Labute approximate surface area is 132 Å². The average Bonchev–Trinajstić information content (AvgIpc) is 2.88. The van der Waals surface area contributed by atoms with E-state index in [0.717, 1.165) is 40.6 Å². The van der Waals surface area contributed by atoms with Crippen LogP contribution < -0.4 is 0 Å². The molecule has 4 rings (SSSR count). The Morgan fingerprint density at radius 3 is 2.73 bits per heavy atom. The van der Waals surface area contributed by atoms with Crippen LogP contribution in [0.1, 0.15) is 34.5 Å². The Kier molecular flexibility index (Phi) is 3.01. The van der Waals surface area contributed by atoms with Crippen molar-refractivity contribution in [2.75, 3.05) is 0 Å². The van der Waals surface area contributed by atoms with Gasteiger partial charge in [0.15, 0.2) is 5.78 Å². The predicted molar refractivity (Wildman–Crippen MR) is 85.9 cm³/mol. The number of benzene rings is 1. The van der Waals surface area contributed by atoms with E-state index in [2.05, 4.69) is 9.97 Å². The maximum atomic E-state index is 12.5. The van der Waals surface area contributed by atoms with E-state index >= 15 is 0 Å². The fourth-order valence-electron chi connectivity index (χ4n) is 3.28. The summed E-state index contributed by atoms with van der Waals surface area (Å²) >= 11 is 6.31. The number of hydrogen-bond acceptors (Lipinski definition) is 3. The van der Waals surface area contributed by atoms with Gasteiger partial charge in [-0.25, -0.2) is 9.97 Å². The Bertz CT molecular complexity index is 899. The van der Waals surface area contributed by atoms with Crippen LogP contribution in [0.2, 0.25) is 5.02 Å². The molecule has 5 heteroatoms. The first-order valence-electron chi connectivity index (χ1n) is 7.31. The van der Waals surface area contributed by atoms with E-state index in [1.54, 1.807) is 18.5 Å². The number of Topliss-reactive ketones (excluding diaryl/α,β-unsaturated/α-hetero) is 1. The molecule has 1 aromatic carbocycles. The zero-order valence-corrected chi connectivity index (χ0v) is 12.9. The van der Waals surface area contributed by atoms with Crippen molar-refractivity contribution in [1.82, 2.24) is 14.5 Å². The molecule has 0 atom stereocenters. The number of ketones is 1. The molecule has 0 N–H and O–H groups in total. The van der Waals surface area contributed by atoms with Crippen LogP contribution in [-0.4, -0.2) is 20.3 Å². The normalized spacial score (nSPS) is 14.4. The van der Waals surface area contributed by atoms with Crippen LogP contribution in [-0.2, 0) is 6.42 Å². The summed E-state index contributed by atoms with van der Waals surface area (Å²) in [6.45, 7) is 1.97. The molecule has 3 aromatic rings. The standard InChI is InChI=1S/C17H14ClN3O/c1-10-12(18)7-6-11-15-13(4-2-5-14(15)22)21(16(10)11)17-19-8-3-9-20-17/h3,6-9H,2,4-5H2,1H3. The molecule has 1 aliphatic rings. The predicted octanol–water partition coefficient (Wildman–Crippen LogP) is 3.90. The quantitative estimate of drug-likeness (QED) is 0.684. The van der Waals surface area contributed by atoms with Gasteiger partial charge in [-0.15, -0.1) is 0 Å². The Hall–Kier alpha value is -2.20. The molecule has 0 amide bonds. The van der Waals surface area contributed by atoms with Gasteiger partial charge in [0.1, 0.15) is 0 Å². The van der Waals surface area contributed by atoms with E-state index in [9.17, 15) is 4.79 Å². The molecule has 22 heavy (non-hydrogen) atoms. The largest absolute Gasteiger partial charge is 0.294 e. The third-order valence-corrected chi connectivity index (χ3v) is 4.67. The van der Waals surface area contributed by atoms with Gasteiger partial charge < -0.3 is 0 Å². The number of aryl methyl sites for hydroxylation is 1.